The van der Waals surface area contributed by atoms with Gasteiger partial charge in [0, 0.05) is 57.7 Å². The predicted molar refractivity (Wildman–Crippen MR) is 106 cm³/mol. The van der Waals surface area contributed by atoms with E-state index in [1.165, 1.54) is 0 Å². The average molecular weight is 451 g/mol. The normalized spacial score (nSPS) is 22.0. The third-order valence-electron chi connectivity index (χ3n) is 4.36. The Morgan fingerprint density at radius 2 is 2.33 bits per heavy atom. The number of aliphatic imine (C=N–C) groups is 1. The Balaban J connectivity index is 0.00000288. The molecule has 1 saturated heterocycles. The van der Waals surface area contributed by atoms with Crippen LogP contribution in [0.3, 0.4) is 0 Å². The van der Waals surface area contributed by atoms with Crippen LogP contribution in [-0.4, -0.2) is 60.8 Å². The molecule has 1 aromatic heterocycles. The number of hydrogen-bond donors (Lipinski definition) is 3. The van der Waals surface area contributed by atoms with Crippen LogP contribution in [0.15, 0.2) is 23.5 Å². The molecule has 2 heterocycles. The van der Waals surface area contributed by atoms with Gasteiger partial charge >= 0.3 is 0 Å². The molecule has 1 aliphatic heterocycles. The van der Waals surface area contributed by atoms with Gasteiger partial charge in [0.25, 0.3) is 0 Å². The average Bonchev–Trinajstić information content (AvgIpc) is 3.20. The van der Waals surface area contributed by atoms with Crippen molar-refractivity contribution < 1.29 is 9.84 Å². The van der Waals surface area contributed by atoms with Gasteiger partial charge in [-0.2, -0.15) is 5.10 Å². The highest BCUT2D eigenvalue weighted by atomic mass is 127. The molecule has 0 amide bonds. The monoisotopic (exact) mass is 451 g/mol. The van der Waals surface area contributed by atoms with E-state index in [9.17, 15) is 5.11 Å². The number of guanidine groups is 1. The van der Waals surface area contributed by atoms with Gasteiger partial charge in [0.2, 0.25) is 0 Å². The van der Waals surface area contributed by atoms with Gasteiger partial charge < -0.3 is 20.5 Å². The molecule has 24 heavy (non-hydrogen) atoms. The lowest BCUT2D eigenvalue weighted by Gasteiger charge is -2.28. The zero-order valence-electron chi connectivity index (χ0n) is 14.6. The Morgan fingerprint density at radius 3 is 2.92 bits per heavy atom. The molecule has 1 fully saturated rings. The molecule has 0 bridgehead atoms. The first kappa shape index (κ1) is 21.2. The predicted octanol–water partition coefficient (Wildman–Crippen LogP) is 1.09. The van der Waals surface area contributed by atoms with Gasteiger partial charge in [-0.05, 0) is 24.8 Å². The first-order chi connectivity index (χ1) is 11.2. The Hall–Kier alpha value is -0.870. The third kappa shape index (κ3) is 6.56. The SMILES string of the molecule is CN=C(NCC(C)Cn1cccn1)NCC1(CCO)CCOC1.I. The molecule has 0 radical (unpaired) electrons. The van der Waals surface area contributed by atoms with Crippen LogP contribution in [0.1, 0.15) is 19.8 Å². The first-order valence-electron chi connectivity index (χ1n) is 8.28. The van der Waals surface area contributed by atoms with Gasteiger partial charge in [-0.1, -0.05) is 6.92 Å². The fourth-order valence-electron chi connectivity index (χ4n) is 2.87. The summed E-state index contributed by atoms with van der Waals surface area (Å²) in [6.45, 7) is 6.31. The number of rotatable bonds is 8. The summed E-state index contributed by atoms with van der Waals surface area (Å²) < 4.78 is 7.45. The fourth-order valence-corrected chi connectivity index (χ4v) is 2.87. The van der Waals surface area contributed by atoms with Gasteiger partial charge in [0.1, 0.15) is 0 Å². The van der Waals surface area contributed by atoms with E-state index in [2.05, 4.69) is 27.6 Å². The topological polar surface area (TPSA) is 83.7 Å². The van der Waals surface area contributed by atoms with E-state index in [1.807, 2.05) is 16.9 Å². The number of hydrogen-bond acceptors (Lipinski definition) is 4. The zero-order chi connectivity index (χ0) is 16.5. The molecule has 8 heteroatoms. The van der Waals surface area contributed by atoms with Crippen LogP contribution >= 0.6 is 24.0 Å². The Kier molecular flexibility index (Phi) is 9.60. The lowest BCUT2D eigenvalue weighted by Crippen LogP contribution is -2.45. The van der Waals surface area contributed by atoms with E-state index in [4.69, 9.17) is 4.74 Å². The van der Waals surface area contributed by atoms with Crippen LogP contribution in [0.25, 0.3) is 0 Å². The van der Waals surface area contributed by atoms with Crippen molar-refractivity contribution in [1.29, 1.82) is 0 Å². The Bertz CT molecular complexity index is 475. The maximum Gasteiger partial charge on any atom is 0.191 e. The van der Waals surface area contributed by atoms with Crippen molar-refractivity contribution in [3.63, 3.8) is 0 Å². The molecule has 2 rings (SSSR count). The van der Waals surface area contributed by atoms with Gasteiger partial charge in [-0.25, -0.2) is 0 Å². The largest absolute Gasteiger partial charge is 0.396 e. The Labute approximate surface area is 161 Å². The first-order valence-corrected chi connectivity index (χ1v) is 8.28. The molecular weight excluding hydrogens is 421 g/mol. The summed E-state index contributed by atoms with van der Waals surface area (Å²) in [4.78, 5) is 4.28. The molecule has 3 N–H and O–H groups in total. The summed E-state index contributed by atoms with van der Waals surface area (Å²) >= 11 is 0. The summed E-state index contributed by atoms with van der Waals surface area (Å²) in [6, 6.07) is 1.94. The molecule has 1 aliphatic rings. The number of nitrogens with zero attached hydrogens (tertiary/aromatic N) is 3. The second-order valence-electron chi connectivity index (χ2n) is 6.42. The Morgan fingerprint density at radius 1 is 1.50 bits per heavy atom. The number of nitrogens with one attached hydrogen (secondary N) is 2. The highest BCUT2D eigenvalue weighted by molar-refractivity contribution is 14.0. The van der Waals surface area contributed by atoms with E-state index >= 15 is 0 Å². The van der Waals surface area contributed by atoms with Crippen LogP contribution < -0.4 is 10.6 Å². The molecule has 138 valence electrons. The molecule has 2 atom stereocenters. The van der Waals surface area contributed by atoms with Gasteiger partial charge in [-0.15, -0.1) is 24.0 Å². The van der Waals surface area contributed by atoms with E-state index in [-0.39, 0.29) is 36.0 Å². The lowest BCUT2D eigenvalue weighted by molar-refractivity contribution is 0.127. The van der Waals surface area contributed by atoms with Crippen molar-refractivity contribution in [2.45, 2.75) is 26.3 Å². The molecule has 7 nitrogen and oxygen atoms in total. The third-order valence-corrected chi connectivity index (χ3v) is 4.36. The molecule has 1 aromatic rings. The summed E-state index contributed by atoms with van der Waals surface area (Å²) in [5.74, 6) is 1.23. The molecule has 2 unspecified atom stereocenters. The van der Waals surface area contributed by atoms with Gasteiger partial charge in [-0.3, -0.25) is 9.67 Å². The van der Waals surface area contributed by atoms with E-state index in [0.29, 0.717) is 12.5 Å². The standard InChI is InChI=1S/C16H29N5O2.HI/c1-14(11-21-7-3-6-20-21)10-18-15(17-2)19-12-16(4-8-22)5-9-23-13-16;/h3,6-7,14,22H,4-5,8-13H2,1-2H3,(H2,17,18,19);1H. The minimum atomic E-state index is 0. The van der Waals surface area contributed by atoms with Crippen molar-refractivity contribution in [3.05, 3.63) is 18.5 Å². The van der Waals surface area contributed by atoms with Crippen molar-refractivity contribution >= 4 is 29.9 Å². The molecule has 0 spiro atoms. The molecular formula is C16H30IN5O2. The van der Waals surface area contributed by atoms with Crippen LogP contribution in [0.5, 0.6) is 0 Å². The van der Waals surface area contributed by atoms with Crippen molar-refractivity contribution in [1.82, 2.24) is 20.4 Å². The number of ether oxygens (including phenoxy) is 1. The van der Waals surface area contributed by atoms with E-state index in [1.54, 1.807) is 13.2 Å². The maximum atomic E-state index is 9.28. The number of aliphatic hydroxyl groups excluding tert-OH is 1. The highest BCUT2D eigenvalue weighted by Crippen LogP contribution is 2.31. The van der Waals surface area contributed by atoms with Crippen LogP contribution in [-0.2, 0) is 11.3 Å². The van der Waals surface area contributed by atoms with Crippen molar-refractivity contribution in [3.8, 4) is 0 Å². The minimum absolute atomic E-state index is 0. The summed E-state index contributed by atoms with van der Waals surface area (Å²) in [5, 5.41) is 20.2. The highest BCUT2D eigenvalue weighted by Gasteiger charge is 2.34. The summed E-state index contributed by atoms with van der Waals surface area (Å²) in [5.41, 5.74) is 0.0209. The number of aliphatic hydroxyl groups is 1. The van der Waals surface area contributed by atoms with Crippen LogP contribution in [0.4, 0.5) is 0 Å². The minimum Gasteiger partial charge on any atom is -0.396 e. The van der Waals surface area contributed by atoms with E-state index < -0.39 is 0 Å². The van der Waals surface area contributed by atoms with Gasteiger partial charge in [0.15, 0.2) is 5.96 Å². The van der Waals surface area contributed by atoms with E-state index in [0.717, 1.165) is 45.0 Å². The smallest absolute Gasteiger partial charge is 0.191 e. The zero-order valence-corrected chi connectivity index (χ0v) is 16.9. The van der Waals surface area contributed by atoms with Crippen molar-refractivity contribution in [2.75, 3.05) is 40.0 Å². The molecule has 0 aromatic carbocycles. The van der Waals surface area contributed by atoms with Crippen LogP contribution in [0.2, 0.25) is 0 Å². The number of halogens is 1. The van der Waals surface area contributed by atoms with Crippen molar-refractivity contribution in [2.24, 2.45) is 16.3 Å². The van der Waals surface area contributed by atoms with Gasteiger partial charge in [0.05, 0.1) is 6.61 Å². The second-order valence-corrected chi connectivity index (χ2v) is 6.42. The van der Waals surface area contributed by atoms with Crippen LogP contribution in [0, 0.1) is 11.3 Å². The molecule has 0 aliphatic carbocycles. The quantitative estimate of drug-likeness (QED) is 0.313. The number of aromatic nitrogens is 2. The second kappa shape index (κ2) is 10.9. The lowest BCUT2D eigenvalue weighted by atomic mass is 9.84. The summed E-state index contributed by atoms with van der Waals surface area (Å²) in [6.07, 6.45) is 5.51. The maximum absolute atomic E-state index is 9.28. The summed E-state index contributed by atoms with van der Waals surface area (Å²) in [7, 11) is 1.78. The fraction of sp³-hybridized carbons (Fsp3) is 0.750. The molecule has 0 saturated carbocycles.